The van der Waals surface area contributed by atoms with E-state index in [-0.39, 0.29) is 24.2 Å². The molecule has 2 aromatic heterocycles. The quantitative estimate of drug-likeness (QED) is 0.628. The van der Waals surface area contributed by atoms with E-state index in [1.165, 1.54) is 11.1 Å². The molecular formula is C23H23N5O3. The summed E-state index contributed by atoms with van der Waals surface area (Å²) in [6.07, 6.45) is 3.24. The first kappa shape index (κ1) is 20.5. The van der Waals surface area contributed by atoms with Crippen molar-refractivity contribution in [3.63, 3.8) is 0 Å². The van der Waals surface area contributed by atoms with Crippen molar-refractivity contribution >= 4 is 11.8 Å². The van der Waals surface area contributed by atoms with Crippen molar-refractivity contribution in [1.82, 2.24) is 15.2 Å². The molecule has 2 heterocycles. The Kier molecular flexibility index (Phi) is 5.42. The van der Waals surface area contributed by atoms with Gasteiger partial charge in [-0.25, -0.2) is 4.98 Å². The van der Waals surface area contributed by atoms with E-state index < -0.39 is 11.6 Å². The molecule has 0 amide bonds. The maximum atomic E-state index is 12.0. The fourth-order valence-corrected chi connectivity index (χ4v) is 3.58. The highest BCUT2D eigenvalue weighted by atomic mass is 16.6. The number of pyridine rings is 1. The molecule has 0 atom stereocenters. The Labute approximate surface area is 180 Å². The standard InChI is InChI=1S/C23H23N5O3/c1-23(2,3)31-20(29)11-19-27-28-22(30-19)17-8-16(12-24)21(25-13-17)26-18-9-14-6-4-5-7-15(14)10-18/h4-8,13,18H,9-11H2,1-3H3,(H,25,26). The monoisotopic (exact) mass is 417 g/mol. The van der Waals surface area contributed by atoms with Crippen molar-refractivity contribution in [3.05, 3.63) is 59.1 Å². The second-order valence-electron chi connectivity index (χ2n) is 8.51. The molecule has 31 heavy (non-hydrogen) atoms. The van der Waals surface area contributed by atoms with Crippen molar-refractivity contribution in [2.45, 2.75) is 51.7 Å². The van der Waals surface area contributed by atoms with E-state index in [1.54, 1.807) is 33.0 Å². The fourth-order valence-electron chi connectivity index (χ4n) is 3.58. The Morgan fingerprint density at radius 1 is 1.26 bits per heavy atom. The predicted octanol–water partition coefficient (Wildman–Crippen LogP) is 3.47. The maximum absolute atomic E-state index is 12.0. The number of nitriles is 1. The number of anilines is 1. The normalized spacial score (nSPS) is 13.5. The summed E-state index contributed by atoms with van der Waals surface area (Å²) in [5, 5.41) is 20.9. The van der Waals surface area contributed by atoms with Crippen LogP contribution < -0.4 is 5.32 Å². The Morgan fingerprint density at radius 3 is 2.61 bits per heavy atom. The van der Waals surface area contributed by atoms with Crippen LogP contribution in [0.15, 0.2) is 40.9 Å². The average molecular weight is 417 g/mol. The van der Waals surface area contributed by atoms with Gasteiger partial charge in [0.25, 0.3) is 0 Å². The van der Waals surface area contributed by atoms with Gasteiger partial charge in [0.1, 0.15) is 23.9 Å². The zero-order chi connectivity index (χ0) is 22.0. The van der Waals surface area contributed by atoms with Gasteiger partial charge in [0.05, 0.1) is 11.1 Å². The molecule has 0 unspecified atom stereocenters. The van der Waals surface area contributed by atoms with E-state index in [1.807, 2.05) is 12.1 Å². The molecule has 0 saturated carbocycles. The maximum Gasteiger partial charge on any atom is 0.315 e. The lowest BCUT2D eigenvalue weighted by Gasteiger charge is -2.18. The van der Waals surface area contributed by atoms with Gasteiger partial charge >= 0.3 is 5.97 Å². The molecule has 0 aliphatic heterocycles. The van der Waals surface area contributed by atoms with E-state index in [0.717, 1.165) is 12.8 Å². The summed E-state index contributed by atoms with van der Waals surface area (Å²) in [5.74, 6) is 0.421. The van der Waals surface area contributed by atoms with Crippen LogP contribution in [0.2, 0.25) is 0 Å². The molecule has 0 fully saturated rings. The lowest BCUT2D eigenvalue weighted by Crippen LogP contribution is -2.24. The van der Waals surface area contributed by atoms with Crippen molar-refractivity contribution < 1.29 is 13.9 Å². The molecule has 8 heteroatoms. The van der Waals surface area contributed by atoms with Gasteiger partial charge in [-0.2, -0.15) is 5.26 Å². The molecule has 1 aliphatic rings. The number of nitrogens with one attached hydrogen (secondary N) is 1. The molecule has 0 saturated heterocycles. The predicted molar refractivity (Wildman–Crippen MR) is 113 cm³/mol. The largest absolute Gasteiger partial charge is 0.460 e. The summed E-state index contributed by atoms with van der Waals surface area (Å²) < 4.78 is 10.8. The summed E-state index contributed by atoms with van der Waals surface area (Å²) in [6, 6.07) is 12.4. The molecule has 0 radical (unpaired) electrons. The van der Waals surface area contributed by atoms with E-state index in [0.29, 0.717) is 16.9 Å². The molecule has 158 valence electrons. The third-order valence-corrected chi connectivity index (χ3v) is 4.83. The molecule has 0 bridgehead atoms. The van der Waals surface area contributed by atoms with E-state index in [4.69, 9.17) is 9.15 Å². The first-order valence-corrected chi connectivity index (χ1v) is 10.1. The summed E-state index contributed by atoms with van der Waals surface area (Å²) in [7, 11) is 0. The highest BCUT2D eigenvalue weighted by molar-refractivity contribution is 5.72. The van der Waals surface area contributed by atoms with Crippen LogP contribution in [0.1, 0.15) is 43.4 Å². The van der Waals surface area contributed by atoms with Gasteiger partial charge in [0.2, 0.25) is 11.8 Å². The number of benzene rings is 1. The van der Waals surface area contributed by atoms with E-state index in [2.05, 4.69) is 38.7 Å². The summed E-state index contributed by atoms with van der Waals surface area (Å²) in [4.78, 5) is 16.4. The lowest BCUT2D eigenvalue weighted by molar-refractivity contribution is -0.154. The van der Waals surface area contributed by atoms with Crippen molar-refractivity contribution in [3.8, 4) is 17.5 Å². The second-order valence-corrected chi connectivity index (χ2v) is 8.51. The number of hydrogen-bond donors (Lipinski definition) is 1. The van der Waals surface area contributed by atoms with Crippen LogP contribution in [0, 0.1) is 11.3 Å². The fraction of sp³-hybridized carbons (Fsp3) is 0.348. The van der Waals surface area contributed by atoms with E-state index in [9.17, 15) is 10.1 Å². The van der Waals surface area contributed by atoms with Gasteiger partial charge in [0, 0.05) is 12.2 Å². The van der Waals surface area contributed by atoms with Crippen LogP contribution in [-0.4, -0.2) is 32.8 Å². The average Bonchev–Trinajstić information content (AvgIpc) is 3.33. The summed E-state index contributed by atoms with van der Waals surface area (Å²) >= 11 is 0. The Balaban J connectivity index is 1.46. The first-order chi connectivity index (χ1) is 14.8. The molecular weight excluding hydrogens is 394 g/mol. The topological polar surface area (TPSA) is 114 Å². The number of esters is 1. The minimum Gasteiger partial charge on any atom is -0.460 e. The van der Waals surface area contributed by atoms with Gasteiger partial charge in [-0.05, 0) is 50.8 Å². The summed E-state index contributed by atoms with van der Waals surface area (Å²) in [5.41, 5.74) is 2.95. The van der Waals surface area contributed by atoms with E-state index >= 15 is 0 Å². The zero-order valence-electron chi connectivity index (χ0n) is 17.7. The van der Waals surface area contributed by atoms with Gasteiger partial charge in [-0.3, -0.25) is 4.79 Å². The molecule has 3 aromatic rings. The highest BCUT2D eigenvalue weighted by Gasteiger charge is 2.23. The van der Waals surface area contributed by atoms with Gasteiger partial charge < -0.3 is 14.5 Å². The van der Waals surface area contributed by atoms with Crippen molar-refractivity contribution in [2.24, 2.45) is 0 Å². The minimum absolute atomic E-state index is 0.120. The molecule has 8 nitrogen and oxygen atoms in total. The number of rotatable bonds is 5. The molecule has 1 aromatic carbocycles. The minimum atomic E-state index is -0.588. The first-order valence-electron chi connectivity index (χ1n) is 10.1. The van der Waals surface area contributed by atoms with Crippen LogP contribution >= 0.6 is 0 Å². The third kappa shape index (κ3) is 4.89. The lowest BCUT2D eigenvalue weighted by atomic mass is 10.1. The van der Waals surface area contributed by atoms with Crippen LogP contribution in [-0.2, 0) is 28.8 Å². The third-order valence-electron chi connectivity index (χ3n) is 4.83. The Morgan fingerprint density at radius 2 is 1.97 bits per heavy atom. The second kappa shape index (κ2) is 8.19. The van der Waals surface area contributed by atoms with Gasteiger partial charge in [0.15, 0.2) is 0 Å². The van der Waals surface area contributed by atoms with Crippen molar-refractivity contribution in [2.75, 3.05) is 5.32 Å². The number of ether oxygens (including phenoxy) is 1. The highest BCUT2D eigenvalue weighted by Crippen LogP contribution is 2.27. The number of nitrogens with zero attached hydrogens (tertiary/aromatic N) is 4. The molecule has 0 spiro atoms. The van der Waals surface area contributed by atoms with Crippen LogP contribution in [0.3, 0.4) is 0 Å². The SMILES string of the molecule is CC(C)(C)OC(=O)Cc1nnc(-c2cnc(NC3Cc4ccccc4C3)c(C#N)c2)o1. The Bertz CT molecular complexity index is 1130. The van der Waals surface area contributed by atoms with Crippen molar-refractivity contribution in [1.29, 1.82) is 5.26 Å². The number of aromatic nitrogens is 3. The van der Waals surface area contributed by atoms with Crippen LogP contribution in [0.5, 0.6) is 0 Å². The number of hydrogen-bond acceptors (Lipinski definition) is 8. The Hall–Kier alpha value is -3.73. The zero-order valence-corrected chi connectivity index (χ0v) is 17.7. The molecule has 1 aliphatic carbocycles. The molecule has 4 rings (SSSR count). The smallest absolute Gasteiger partial charge is 0.315 e. The van der Waals surface area contributed by atoms with Gasteiger partial charge in [-0.1, -0.05) is 24.3 Å². The number of fused-ring (bicyclic) bond motifs is 1. The summed E-state index contributed by atoms with van der Waals surface area (Å²) in [6.45, 7) is 5.37. The number of carbonyl (C=O) groups is 1. The van der Waals surface area contributed by atoms with Gasteiger partial charge in [-0.15, -0.1) is 10.2 Å². The van der Waals surface area contributed by atoms with Crippen LogP contribution in [0.4, 0.5) is 5.82 Å². The number of carbonyl (C=O) groups excluding carboxylic acids is 1. The molecule has 1 N–H and O–H groups in total. The van der Waals surface area contributed by atoms with Crippen LogP contribution in [0.25, 0.3) is 11.5 Å².